The zero-order valence-electron chi connectivity index (χ0n) is 12.2. The molecule has 1 aliphatic carbocycles. The number of rotatable bonds is 3. The summed E-state index contributed by atoms with van der Waals surface area (Å²) in [4.78, 5) is 11.6. The highest BCUT2D eigenvalue weighted by molar-refractivity contribution is 5.83. The van der Waals surface area contributed by atoms with Crippen LogP contribution in [0.4, 0.5) is 11.8 Å². The summed E-state index contributed by atoms with van der Waals surface area (Å²) >= 11 is 0. The molecule has 2 fully saturated rings. The standard InChI is InChI=1S/C14H21N7/c1-4-8-21(9-5-1)13-11-12(19-20-18-11)16-14(17-13)15-10-6-2-3-7-10/h10H,1-9H2,(H2,15,16,17,18,19,20). The predicted octanol–water partition coefficient (Wildman–Crippen LogP) is 2.09. The maximum Gasteiger partial charge on any atom is 0.227 e. The molecule has 2 aliphatic rings. The van der Waals surface area contributed by atoms with Gasteiger partial charge in [-0.2, -0.15) is 20.3 Å². The van der Waals surface area contributed by atoms with Gasteiger partial charge in [-0.1, -0.05) is 12.8 Å². The number of aromatic amines is 1. The van der Waals surface area contributed by atoms with Crippen LogP contribution in [0.3, 0.4) is 0 Å². The van der Waals surface area contributed by atoms with E-state index in [1.165, 1.54) is 44.9 Å². The van der Waals surface area contributed by atoms with E-state index in [0.717, 1.165) is 24.4 Å². The van der Waals surface area contributed by atoms with Gasteiger partial charge in [0.05, 0.1) is 0 Å². The fraction of sp³-hybridized carbons (Fsp3) is 0.714. The van der Waals surface area contributed by atoms with Crippen molar-refractivity contribution in [1.82, 2.24) is 25.4 Å². The highest BCUT2D eigenvalue weighted by Gasteiger charge is 2.21. The van der Waals surface area contributed by atoms with Gasteiger partial charge in [0.1, 0.15) is 0 Å². The fourth-order valence-corrected chi connectivity index (χ4v) is 3.38. The monoisotopic (exact) mass is 287 g/mol. The van der Waals surface area contributed by atoms with Crippen molar-refractivity contribution in [2.75, 3.05) is 23.3 Å². The van der Waals surface area contributed by atoms with Gasteiger partial charge in [0.2, 0.25) is 11.6 Å². The number of fused-ring (bicyclic) bond motifs is 1. The van der Waals surface area contributed by atoms with Gasteiger partial charge in [-0.15, -0.1) is 5.10 Å². The number of aromatic nitrogens is 5. The Kier molecular flexibility index (Phi) is 3.33. The van der Waals surface area contributed by atoms with Gasteiger partial charge in [0.15, 0.2) is 11.3 Å². The lowest BCUT2D eigenvalue weighted by Gasteiger charge is -2.28. The van der Waals surface area contributed by atoms with Gasteiger partial charge < -0.3 is 10.2 Å². The fourth-order valence-electron chi connectivity index (χ4n) is 3.38. The van der Waals surface area contributed by atoms with Crippen LogP contribution >= 0.6 is 0 Å². The molecule has 7 nitrogen and oxygen atoms in total. The topological polar surface area (TPSA) is 82.6 Å². The number of H-pyrrole nitrogens is 1. The summed E-state index contributed by atoms with van der Waals surface area (Å²) in [5.41, 5.74) is 1.44. The van der Waals surface area contributed by atoms with E-state index in [0.29, 0.717) is 17.6 Å². The Balaban J connectivity index is 1.67. The molecule has 0 unspecified atom stereocenters. The zero-order chi connectivity index (χ0) is 14.1. The summed E-state index contributed by atoms with van der Waals surface area (Å²) in [5.74, 6) is 1.62. The zero-order valence-corrected chi connectivity index (χ0v) is 12.2. The average molecular weight is 287 g/mol. The molecule has 2 N–H and O–H groups in total. The molecule has 1 saturated carbocycles. The largest absolute Gasteiger partial charge is 0.355 e. The minimum absolute atomic E-state index is 0.503. The first-order chi connectivity index (χ1) is 10.4. The molecule has 21 heavy (non-hydrogen) atoms. The van der Waals surface area contributed by atoms with E-state index < -0.39 is 0 Å². The Morgan fingerprint density at radius 2 is 1.76 bits per heavy atom. The normalized spacial score (nSPS) is 20.3. The van der Waals surface area contributed by atoms with Crippen LogP contribution in [0.2, 0.25) is 0 Å². The quantitative estimate of drug-likeness (QED) is 0.899. The Hall–Kier alpha value is -1.92. The van der Waals surface area contributed by atoms with Crippen LogP contribution in [0.25, 0.3) is 11.2 Å². The van der Waals surface area contributed by atoms with Gasteiger partial charge in [-0.25, -0.2) is 0 Å². The van der Waals surface area contributed by atoms with Crippen molar-refractivity contribution in [1.29, 1.82) is 0 Å². The Morgan fingerprint density at radius 1 is 0.952 bits per heavy atom. The van der Waals surface area contributed by atoms with Crippen LogP contribution in [0.15, 0.2) is 0 Å². The van der Waals surface area contributed by atoms with Crippen molar-refractivity contribution < 1.29 is 0 Å². The molecular formula is C14H21N7. The first-order valence-electron chi connectivity index (χ1n) is 8.00. The Morgan fingerprint density at radius 3 is 2.57 bits per heavy atom. The molecule has 1 saturated heterocycles. The van der Waals surface area contributed by atoms with Crippen LogP contribution < -0.4 is 10.2 Å². The molecule has 0 aromatic carbocycles. The average Bonchev–Trinajstić information content (AvgIpc) is 3.18. The number of nitrogens with one attached hydrogen (secondary N) is 2. The van der Waals surface area contributed by atoms with Gasteiger partial charge >= 0.3 is 0 Å². The number of piperidine rings is 1. The highest BCUT2D eigenvalue weighted by Crippen LogP contribution is 2.27. The number of nitrogens with zero attached hydrogens (tertiary/aromatic N) is 5. The van der Waals surface area contributed by atoms with E-state index >= 15 is 0 Å². The van der Waals surface area contributed by atoms with Crippen molar-refractivity contribution >= 4 is 22.9 Å². The molecule has 0 bridgehead atoms. The summed E-state index contributed by atoms with van der Waals surface area (Å²) in [6.07, 6.45) is 8.74. The van der Waals surface area contributed by atoms with E-state index in [9.17, 15) is 0 Å². The molecule has 1 aliphatic heterocycles. The molecule has 7 heteroatoms. The molecule has 3 heterocycles. The lowest BCUT2D eigenvalue weighted by Crippen LogP contribution is -2.31. The van der Waals surface area contributed by atoms with Crippen molar-refractivity contribution in [3.05, 3.63) is 0 Å². The van der Waals surface area contributed by atoms with E-state index in [1.54, 1.807) is 0 Å². The SMILES string of the molecule is C1CCN(c2nc(NC3CCCC3)nc3n[nH]nc23)CC1. The molecule has 112 valence electrons. The van der Waals surface area contributed by atoms with Crippen LogP contribution in [0.5, 0.6) is 0 Å². The van der Waals surface area contributed by atoms with E-state index in [1.807, 2.05) is 0 Å². The molecule has 0 atom stereocenters. The molecule has 0 radical (unpaired) electrons. The van der Waals surface area contributed by atoms with Gasteiger partial charge in [0, 0.05) is 19.1 Å². The lowest BCUT2D eigenvalue weighted by atomic mass is 10.1. The summed E-state index contributed by atoms with van der Waals surface area (Å²) in [6.45, 7) is 2.09. The summed E-state index contributed by atoms with van der Waals surface area (Å²) < 4.78 is 0. The third-order valence-electron chi connectivity index (χ3n) is 4.51. The second-order valence-corrected chi connectivity index (χ2v) is 6.04. The first kappa shape index (κ1) is 12.8. The number of anilines is 2. The summed E-state index contributed by atoms with van der Waals surface area (Å²) in [6, 6.07) is 0.503. The lowest BCUT2D eigenvalue weighted by molar-refractivity contribution is 0.574. The van der Waals surface area contributed by atoms with Crippen molar-refractivity contribution in [3.63, 3.8) is 0 Å². The molecule has 4 rings (SSSR count). The summed E-state index contributed by atoms with van der Waals surface area (Å²) in [7, 11) is 0. The predicted molar refractivity (Wildman–Crippen MR) is 81.4 cm³/mol. The van der Waals surface area contributed by atoms with E-state index in [-0.39, 0.29) is 0 Å². The van der Waals surface area contributed by atoms with E-state index in [2.05, 4.69) is 30.6 Å². The third kappa shape index (κ3) is 2.52. The highest BCUT2D eigenvalue weighted by atomic mass is 15.4. The van der Waals surface area contributed by atoms with Crippen molar-refractivity contribution in [2.24, 2.45) is 0 Å². The molecule has 0 spiro atoms. The van der Waals surface area contributed by atoms with Gasteiger partial charge in [-0.3, -0.25) is 0 Å². The minimum Gasteiger partial charge on any atom is -0.355 e. The Labute approximate surface area is 123 Å². The van der Waals surface area contributed by atoms with Crippen LogP contribution in [-0.2, 0) is 0 Å². The van der Waals surface area contributed by atoms with Crippen molar-refractivity contribution in [2.45, 2.75) is 51.0 Å². The minimum atomic E-state index is 0.503. The maximum atomic E-state index is 4.74. The molecule has 2 aromatic heterocycles. The second kappa shape index (κ2) is 5.46. The molecule has 2 aromatic rings. The first-order valence-corrected chi connectivity index (χ1v) is 8.00. The molecular weight excluding hydrogens is 266 g/mol. The van der Waals surface area contributed by atoms with Gasteiger partial charge in [0.25, 0.3) is 0 Å². The van der Waals surface area contributed by atoms with Gasteiger partial charge in [-0.05, 0) is 32.1 Å². The third-order valence-corrected chi connectivity index (χ3v) is 4.51. The second-order valence-electron chi connectivity index (χ2n) is 6.04. The Bertz CT molecular complexity index is 611. The van der Waals surface area contributed by atoms with Crippen LogP contribution in [0, 0.1) is 0 Å². The van der Waals surface area contributed by atoms with Crippen LogP contribution in [0.1, 0.15) is 44.9 Å². The molecule has 0 amide bonds. The summed E-state index contributed by atoms with van der Waals surface area (Å²) in [5, 5.41) is 14.5. The number of hydrogen-bond donors (Lipinski definition) is 2. The number of hydrogen-bond acceptors (Lipinski definition) is 6. The van der Waals surface area contributed by atoms with Crippen LogP contribution in [-0.4, -0.2) is 44.5 Å². The maximum absolute atomic E-state index is 4.74. The van der Waals surface area contributed by atoms with E-state index in [4.69, 9.17) is 4.98 Å². The smallest absolute Gasteiger partial charge is 0.227 e. The van der Waals surface area contributed by atoms with Crippen molar-refractivity contribution in [3.8, 4) is 0 Å².